The van der Waals surface area contributed by atoms with Crippen molar-refractivity contribution in [1.82, 2.24) is 5.32 Å². The van der Waals surface area contributed by atoms with Crippen molar-refractivity contribution in [3.8, 4) is 0 Å². The molecular weight excluding hydrogens is 265 g/mol. The molecule has 2 N–H and O–H groups in total. The normalized spacial score (nSPS) is 11.9. The minimum atomic E-state index is -1.06. The Bertz CT molecular complexity index is 423. The summed E-state index contributed by atoms with van der Waals surface area (Å²) in [7, 11) is 0. The molecule has 0 aliphatic heterocycles. The quantitative estimate of drug-likeness (QED) is 0.804. The molecule has 0 fully saturated rings. The summed E-state index contributed by atoms with van der Waals surface area (Å²) in [6, 6.07) is 4.74. The highest BCUT2D eigenvalue weighted by atomic mass is 35.5. The average Bonchev–Trinajstić information content (AvgIpc) is 2.32. The summed E-state index contributed by atoms with van der Waals surface area (Å²) < 4.78 is 0. The SMILES string of the molecule is O=CC(O)CCNC(=O)c1cccc(Cl)c1Cl. The molecule has 1 amide bonds. The first-order valence-electron chi connectivity index (χ1n) is 4.92. The summed E-state index contributed by atoms with van der Waals surface area (Å²) in [6.45, 7) is 0.182. The van der Waals surface area contributed by atoms with Crippen LogP contribution in [-0.4, -0.2) is 29.9 Å². The van der Waals surface area contributed by atoms with Gasteiger partial charge < -0.3 is 15.2 Å². The van der Waals surface area contributed by atoms with Crippen LogP contribution in [0.5, 0.6) is 0 Å². The Morgan fingerprint density at radius 3 is 2.82 bits per heavy atom. The fourth-order valence-corrected chi connectivity index (χ4v) is 1.56. The second-order valence-corrected chi connectivity index (χ2v) is 4.13. The predicted octanol–water partition coefficient (Wildman–Crippen LogP) is 1.67. The van der Waals surface area contributed by atoms with Gasteiger partial charge in [0.15, 0.2) is 0 Å². The number of hydrogen-bond donors (Lipinski definition) is 2. The van der Waals surface area contributed by atoms with E-state index in [1.54, 1.807) is 18.2 Å². The third kappa shape index (κ3) is 4.00. The Hall–Kier alpha value is -1.10. The van der Waals surface area contributed by atoms with Crippen LogP contribution < -0.4 is 5.32 Å². The van der Waals surface area contributed by atoms with E-state index in [4.69, 9.17) is 28.3 Å². The fourth-order valence-electron chi connectivity index (χ4n) is 1.18. The Balaban J connectivity index is 2.58. The molecule has 0 bridgehead atoms. The topological polar surface area (TPSA) is 66.4 Å². The summed E-state index contributed by atoms with van der Waals surface area (Å²) in [5.74, 6) is -0.393. The summed E-state index contributed by atoms with van der Waals surface area (Å²) in [4.78, 5) is 21.8. The minimum Gasteiger partial charge on any atom is -0.386 e. The Morgan fingerprint density at radius 1 is 1.47 bits per heavy atom. The molecule has 4 nitrogen and oxygen atoms in total. The van der Waals surface area contributed by atoms with Gasteiger partial charge in [-0.25, -0.2) is 0 Å². The van der Waals surface area contributed by atoms with Gasteiger partial charge in [0, 0.05) is 6.54 Å². The first kappa shape index (κ1) is 14.0. The van der Waals surface area contributed by atoms with E-state index in [0.717, 1.165) is 0 Å². The van der Waals surface area contributed by atoms with Gasteiger partial charge in [-0.2, -0.15) is 0 Å². The van der Waals surface area contributed by atoms with Crippen LogP contribution in [-0.2, 0) is 4.79 Å². The highest BCUT2D eigenvalue weighted by Crippen LogP contribution is 2.25. The van der Waals surface area contributed by atoms with E-state index in [1.165, 1.54) is 0 Å². The lowest BCUT2D eigenvalue weighted by atomic mass is 10.2. The lowest BCUT2D eigenvalue weighted by molar-refractivity contribution is -0.115. The van der Waals surface area contributed by atoms with Gasteiger partial charge in [-0.15, -0.1) is 0 Å². The Morgan fingerprint density at radius 2 is 2.18 bits per heavy atom. The number of nitrogens with one attached hydrogen (secondary N) is 1. The summed E-state index contributed by atoms with van der Waals surface area (Å²) in [5.41, 5.74) is 0.264. The molecule has 1 atom stereocenters. The summed E-state index contributed by atoms with van der Waals surface area (Å²) >= 11 is 11.6. The number of aliphatic hydroxyl groups is 1. The zero-order chi connectivity index (χ0) is 12.8. The number of aldehydes is 1. The van der Waals surface area contributed by atoms with Gasteiger partial charge in [-0.05, 0) is 18.6 Å². The highest BCUT2D eigenvalue weighted by Gasteiger charge is 2.12. The van der Waals surface area contributed by atoms with Gasteiger partial charge in [-0.3, -0.25) is 4.79 Å². The van der Waals surface area contributed by atoms with E-state index in [2.05, 4.69) is 5.32 Å². The number of aliphatic hydroxyl groups excluding tert-OH is 1. The van der Waals surface area contributed by atoms with Crippen LogP contribution in [0.1, 0.15) is 16.8 Å². The molecule has 0 saturated carbocycles. The Labute approximate surface area is 109 Å². The number of carbonyl (C=O) groups is 2. The van der Waals surface area contributed by atoms with Gasteiger partial charge in [0.05, 0.1) is 15.6 Å². The van der Waals surface area contributed by atoms with Crippen molar-refractivity contribution < 1.29 is 14.7 Å². The molecule has 17 heavy (non-hydrogen) atoms. The molecule has 1 aromatic carbocycles. The van der Waals surface area contributed by atoms with E-state index in [1.807, 2.05) is 0 Å². The molecule has 1 aromatic rings. The van der Waals surface area contributed by atoms with Crippen LogP contribution >= 0.6 is 23.2 Å². The second-order valence-electron chi connectivity index (χ2n) is 3.35. The molecule has 1 rings (SSSR count). The molecule has 0 spiro atoms. The monoisotopic (exact) mass is 275 g/mol. The minimum absolute atomic E-state index is 0.160. The second kappa shape index (κ2) is 6.59. The van der Waals surface area contributed by atoms with Gasteiger partial charge in [0.1, 0.15) is 12.4 Å². The molecule has 0 aromatic heterocycles. The third-order valence-corrected chi connectivity index (χ3v) is 2.90. The van der Waals surface area contributed by atoms with Crippen molar-refractivity contribution in [2.24, 2.45) is 0 Å². The maximum absolute atomic E-state index is 11.7. The van der Waals surface area contributed by atoms with E-state index in [-0.39, 0.29) is 23.6 Å². The lowest BCUT2D eigenvalue weighted by Crippen LogP contribution is -2.27. The van der Waals surface area contributed by atoms with Crippen molar-refractivity contribution in [3.05, 3.63) is 33.8 Å². The average molecular weight is 276 g/mol. The first-order valence-corrected chi connectivity index (χ1v) is 5.67. The van der Waals surface area contributed by atoms with Crippen LogP contribution in [0.3, 0.4) is 0 Å². The van der Waals surface area contributed by atoms with E-state index in [9.17, 15) is 9.59 Å². The molecule has 6 heteroatoms. The van der Waals surface area contributed by atoms with Crippen molar-refractivity contribution in [1.29, 1.82) is 0 Å². The van der Waals surface area contributed by atoms with E-state index >= 15 is 0 Å². The molecule has 92 valence electrons. The number of hydrogen-bond acceptors (Lipinski definition) is 3. The molecule has 0 aliphatic carbocycles. The van der Waals surface area contributed by atoms with Gasteiger partial charge in [0.2, 0.25) is 0 Å². The molecular formula is C11H11Cl2NO3. The van der Waals surface area contributed by atoms with Gasteiger partial charge >= 0.3 is 0 Å². The van der Waals surface area contributed by atoms with E-state index in [0.29, 0.717) is 11.3 Å². The van der Waals surface area contributed by atoms with Crippen LogP contribution in [0, 0.1) is 0 Å². The number of carbonyl (C=O) groups excluding carboxylic acids is 2. The summed E-state index contributed by atoms with van der Waals surface area (Å²) in [6.07, 6.45) is -0.489. The molecule has 0 heterocycles. The number of rotatable bonds is 5. The number of halogens is 2. The van der Waals surface area contributed by atoms with Crippen LogP contribution in [0.2, 0.25) is 10.0 Å². The number of amides is 1. The predicted molar refractivity (Wildman–Crippen MR) is 65.5 cm³/mol. The first-order chi connectivity index (χ1) is 8.06. The van der Waals surface area contributed by atoms with Crippen LogP contribution in [0.15, 0.2) is 18.2 Å². The van der Waals surface area contributed by atoms with Gasteiger partial charge in [0.25, 0.3) is 5.91 Å². The highest BCUT2D eigenvalue weighted by molar-refractivity contribution is 6.43. The Kier molecular flexibility index (Phi) is 5.41. The molecule has 0 aliphatic rings. The smallest absolute Gasteiger partial charge is 0.252 e. The molecule has 1 unspecified atom stereocenters. The lowest BCUT2D eigenvalue weighted by Gasteiger charge is -2.08. The molecule has 0 radical (unpaired) electrons. The largest absolute Gasteiger partial charge is 0.386 e. The number of benzene rings is 1. The molecule has 0 saturated heterocycles. The zero-order valence-corrected chi connectivity index (χ0v) is 10.3. The maximum Gasteiger partial charge on any atom is 0.252 e. The zero-order valence-electron chi connectivity index (χ0n) is 8.82. The van der Waals surface area contributed by atoms with E-state index < -0.39 is 12.0 Å². The third-order valence-electron chi connectivity index (χ3n) is 2.08. The van der Waals surface area contributed by atoms with Crippen molar-refractivity contribution in [2.45, 2.75) is 12.5 Å². The van der Waals surface area contributed by atoms with Gasteiger partial charge in [-0.1, -0.05) is 29.3 Å². The van der Waals surface area contributed by atoms with Crippen LogP contribution in [0.25, 0.3) is 0 Å². The maximum atomic E-state index is 11.7. The standard InChI is InChI=1S/C11H11Cl2NO3/c12-9-3-1-2-8(10(9)13)11(17)14-5-4-7(16)6-15/h1-3,6-7,16H,4-5H2,(H,14,17). The van der Waals surface area contributed by atoms with Crippen molar-refractivity contribution in [2.75, 3.05) is 6.54 Å². The van der Waals surface area contributed by atoms with Crippen LogP contribution in [0.4, 0.5) is 0 Å². The van der Waals surface area contributed by atoms with Crippen molar-refractivity contribution >= 4 is 35.4 Å². The van der Waals surface area contributed by atoms with Crippen molar-refractivity contribution in [3.63, 3.8) is 0 Å². The summed E-state index contributed by atoms with van der Waals surface area (Å²) in [5, 5.41) is 12.0. The fraction of sp³-hybridized carbons (Fsp3) is 0.273.